The highest BCUT2D eigenvalue weighted by Crippen LogP contribution is 2.24. The number of rotatable bonds is 4. The third-order valence-corrected chi connectivity index (χ3v) is 4.29. The molecular weight excluding hydrogens is 399 g/mol. The van der Waals surface area contributed by atoms with Crippen molar-refractivity contribution in [2.45, 2.75) is 0 Å². The predicted octanol–water partition coefficient (Wildman–Crippen LogP) is 5.09. The van der Waals surface area contributed by atoms with E-state index in [2.05, 4.69) is 26.6 Å². The molecule has 0 atom stereocenters. The molecule has 0 radical (unpaired) electrons. The number of amides is 2. The van der Waals surface area contributed by atoms with E-state index in [1.54, 1.807) is 48.5 Å². The predicted molar refractivity (Wildman–Crippen MR) is 103 cm³/mol. The number of hydrogen-bond donors (Lipinski definition) is 2. The van der Waals surface area contributed by atoms with Crippen molar-refractivity contribution in [2.24, 2.45) is 0 Å². The number of carbonyl (C=O) groups excluding carboxylic acids is 2. The van der Waals surface area contributed by atoms with Crippen molar-refractivity contribution < 1.29 is 14.0 Å². The van der Waals surface area contributed by atoms with Crippen LogP contribution in [0.5, 0.6) is 0 Å². The highest BCUT2D eigenvalue weighted by Gasteiger charge is 2.14. The lowest BCUT2D eigenvalue weighted by molar-refractivity contribution is 0.101. The molecular formula is C20H14BrFN2O2. The van der Waals surface area contributed by atoms with Gasteiger partial charge in [-0.2, -0.15) is 0 Å². The minimum absolute atomic E-state index is 0.282. The van der Waals surface area contributed by atoms with Crippen molar-refractivity contribution in [1.82, 2.24) is 0 Å². The quantitative estimate of drug-likeness (QED) is 0.626. The summed E-state index contributed by atoms with van der Waals surface area (Å²) in [6.45, 7) is 0. The molecule has 0 heterocycles. The molecule has 0 saturated heterocycles. The van der Waals surface area contributed by atoms with Crippen molar-refractivity contribution >= 4 is 39.1 Å². The number of halogens is 2. The summed E-state index contributed by atoms with van der Waals surface area (Å²) in [5.74, 6) is -1.14. The van der Waals surface area contributed by atoms with Crippen LogP contribution in [0.1, 0.15) is 20.7 Å². The van der Waals surface area contributed by atoms with Crippen LogP contribution >= 0.6 is 15.9 Å². The molecule has 26 heavy (non-hydrogen) atoms. The maximum absolute atomic E-state index is 13.2. The highest BCUT2D eigenvalue weighted by molar-refractivity contribution is 9.10. The number of carbonyl (C=O) groups is 2. The fourth-order valence-electron chi connectivity index (χ4n) is 2.35. The van der Waals surface area contributed by atoms with Gasteiger partial charge in [0.2, 0.25) is 0 Å². The first-order valence-corrected chi connectivity index (χ1v) is 8.56. The van der Waals surface area contributed by atoms with Crippen LogP contribution in [0.3, 0.4) is 0 Å². The Balaban J connectivity index is 1.81. The van der Waals surface area contributed by atoms with Gasteiger partial charge in [-0.1, -0.05) is 30.3 Å². The van der Waals surface area contributed by atoms with E-state index in [-0.39, 0.29) is 11.5 Å². The molecule has 0 spiro atoms. The largest absolute Gasteiger partial charge is 0.320 e. The topological polar surface area (TPSA) is 58.2 Å². The molecule has 0 aliphatic rings. The molecule has 2 N–H and O–H groups in total. The first-order valence-electron chi connectivity index (χ1n) is 7.76. The minimum atomic E-state index is -0.441. The van der Waals surface area contributed by atoms with E-state index >= 15 is 0 Å². The lowest BCUT2D eigenvalue weighted by atomic mass is 10.2. The average Bonchev–Trinajstić information content (AvgIpc) is 2.64. The van der Waals surface area contributed by atoms with Gasteiger partial charge in [-0.3, -0.25) is 9.59 Å². The van der Waals surface area contributed by atoms with Crippen LogP contribution in [0, 0.1) is 5.82 Å². The summed E-state index contributed by atoms with van der Waals surface area (Å²) in [7, 11) is 0. The Bertz CT molecular complexity index is 961. The first kappa shape index (κ1) is 17.8. The third kappa shape index (κ3) is 4.15. The van der Waals surface area contributed by atoms with Crippen LogP contribution in [0.25, 0.3) is 0 Å². The van der Waals surface area contributed by atoms with Crippen molar-refractivity contribution in [2.75, 3.05) is 10.6 Å². The SMILES string of the molecule is O=C(Nc1ccccc1NC(=O)c1ccc(F)cc1Br)c1ccccc1. The number of anilines is 2. The van der Waals surface area contributed by atoms with Crippen LogP contribution in [-0.2, 0) is 0 Å². The molecule has 0 aliphatic heterocycles. The molecule has 0 aromatic heterocycles. The highest BCUT2D eigenvalue weighted by atomic mass is 79.9. The summed E-state index contributed by atoms with van der Waals surface area (Å²) < 4.78 is 13.5. The van der Waals surface area contributed by atoms with Gasteiger partial charge in [-0.15, -0.1) is 0 Å². The first-order chi connectivity index (χ1) is 12.5. The van der Waals surface area contributed by atoms with E-state index in [1.165, 1.54) is 18.2 Å². The summed E-state index contributed by atoms with van der Waals surface area (Å²) in [6, 6.07) is 19.5. The Labute approximate surface area is 158 Å². The molecule has 6 heteroatoms. The summed E-state index contributed by atoms with van der Waals surface area (Å²) in [6.07, 6.45) is 0. The second-order valence-corrected chi connectivity index (χ2v) is 6.30. The van der Waals surface area contributed by atoms with Gasteiger partial charge < -0.3 is 10.6 Å². The summed E-state index contributed by atoms with van der Waals surface area (Å²) in [5.41, 5.74) is 1.71. The summed E-state index contributed by atoms with van der Waals surface area (Å²) >= 11 is 3.18. The third-order valence-electron chi connectivity index (χ3n) is 3.64. The Morgan fingerprint density at radius 1 is 0.769 bits per heavy atom. The van der Waals surface area contributed by atoms with Crippen LogP contribution in [-0.4, -0.2) is 11.8 Å². The van der Waals surface area contributed by atoms with Gasteiger partial charge in [0.15, 0.2) is 0 Å². The van der Waals surface area contributed by atoms with Gasteiger partial charge in [0.05, 0.1) is 16.9 Å². The van der Waals surface area contributed by atoms with E-state index in [1.807, 2.05) is 6.07 Å². The molecule has 3 aromatic rings. The van der Waals surface area contributed by atoms with E-state index in [0.29, 0.717) is 21.4 Å². The normalized spacial score (nSPS) is 10.2. The van der Waals surface area contributed by atoms with Crippen LogP contribution in [0.2, 0.25) is 0 Å². The number of hydrogen-bond acceptors (Lipinski definition) is 2. The zero-order chi connectivity index (χ0) is 18.5. The molecule has 130 valence electrons. The lowest BCUT2D eigenvalue weighted by Crippen LogP contribution is -2.17. The monoisotopic (exact) mass is 412 g/mol. The average molecular weight is 413 g/mol. The van der Waals surface area contributed by atoms with Gasteiger partial charge in [-0.05, 0) is 58.4 Å². The maximum atomic E-state index is 13.2. The standard InChI is InChI=1S/C20H14BrFN2O2/c21-16-12-14(22)10-11-15(16)20(26)24-18-9-5-4-8-17(18)23-19(25)13-6-2-1-3-7-13/h1-12H,(H,23,25)(H,24,26). The van der Waals surface area contributed by atoms with Crippen molar-refractivity contribution in [1.29, 1.82) is 0 Å². The number of benzene rings is 3. The Morgan fingerprint density at radius 3 is 1.96 bits per heavy atom. The van der Waals surface area contributed by atoms with Crippen LogP contribution in [0.15, 0.2) is 77.3 Å². The zero-order valence-electron chi connectivity index (χ0n) is 13.5. The Hall–Kier alpha value is -2.99. The van der Waals surface area contributed by atoms with Gasteiger partial charge >= 0.3 is 0 Å². The smallest absolute Gasteiger partial charge is 0.256 e. The van der Waals surface area contributed by atoms with Gasteiger partial charge in [-0.25, -0.2) is 4.39 Å². The minimum Gasteiger partial charge on any atom is -0.320 e. The second-order valence-electron chi connectivity index (χ2n) is 5.44. The molecule has 0 fully saturated rings. The summed E-state index contributed by atoms with van der Waals surface area (Å²) in [4.78, 5) is 24.8. The molecule has 2 amide bonds. The van der Waals surface area contributed by atoms with E-state index < -0.39 is 11.7 Å². The van der Waals surface area contributed by atoms with Crippen LogP contribution < -0.4 is 10.6 Å². The second kappa shape index (κ2) is 7.93. The maximum Gasteiger partial charge on any atom is 0.256 e. The molecule has 3 aromatic carbocycles. The van der Waals surface area contributed by atoms with Crippen molar-refractivity contribution in [3.8, 4) is 0 Å². The summed E-state index contributed by atoms with van der Waals surface area (Å²) in [5, 5.41) is 5.52. The number of nitrogens with one attached hydrogen (secondary N) is 2. The molecule has 4 nitrogen and oxygen atoms in total. The van der Waals surface area contributed by atoms with Crippen molar-refractivity contribution in [3.05, 3.63) is 94.2 Å². The van der Waals surface area contributed by atoms with Gasteiger partial charge in [0, 0.05) is 10.0 Å². The van der Waals surface area contributed by atoms with Crippen LogP contribution in [0.4, 0.5) is 15.8 Å². The molecule has 0 unspecified atom stereocenters. The lowest BCUT2D eigenvalue weighted by Gasteiger charge is -2.13. The fourth-order valence-corrected chi connectivity index (χ4v) is 2.88. The molecule has 0 saturated carbocycles. The van der Waals surface area contributed by atoms with E-state index in [0.717, 1.165) is 0 Å². The fraction of sp³-hybridized carbons (Fsp3) is 0. The van der Waals surface area contributed by atoms with E-state index in [4.69, 9.17) is 0 Å². The Kier molecular flexibility index (Phi) is 5.43. The molecule has 0 bridgehead atoms. The van der Waals surface area contributed by atoms with Crippen molar-refractivity contribution in [3.63, 3.8) is 0 Å². The van der Waals surface area contributed by atoms with Gasteiger partial charge in [0.25, 0.3) is 11.8 Å². The van der Waals surface area contributed by atoms with E-state index in [9.17, 15) is 14.0 Å². The molecule has 0 aliphatic carbocycles. The zero-order valence-corrected chi connectivity index (χ0v) is 15.1. The molecule has 3 rings (SSSR count). The number of para-hydroxylation sites is 2. The Morgan fingerprint density at radius 2 is 1.35 bits per heavy atom. The van der Waals surface area contributed by atoms with Gasteiger partial charge in [0.1, 0.15) is 5.82 Å².